The quantitative estimate of drug-likeness (QED) is 0.671. The summed E-state index contributed by atoms with van der Waals surface area (Å²) < 4.78 is 39.1. The number of amides is 1. The number of benzene rings is 1. The average Bonchev–Trinajstić information content (AvgIpc) is 3.28. The normalized spacial score (nSPS) is 18.7. The molecule has 2 aromatic rings. The van der Waals surface area contributed by atoms with Crippen LogP contribution in [-0.4, -0.2) is 61.9 Å². The Hall–Kier alpha value is -1.81. The highest BCUT2D eigenvalue weighted by Gasteiger charge is 2.33. The van der Waals surface area contributed by atoms with Gasteiger partial charge in [-0.15, -0.1) is 11.3 Å². The van der Waals surface area contributed by atoms with Crippen molar-refractivity contribution in [3.8, 4) is 11.5 Å². The summed E-state index contributed by atoms with van der Waals surface area (Å²) in [5.74, 6) is 1.07. The molecule has 1 fully saturated rings. The number of sulfonamides is 1. The number of hydrogen-bond donors (Lipinski definition) is 0. The predicted molar refractivity (Wildman–Crippen MR) is 115 cm³/mol. The fourth-order valence-electron chi connectivity index (χ4n) is 3.67. The summed E-state index contributed by atoms with van der Waals surface area (Å²) in [5.41, 5.74) is 0.776. The minimum absolute atomic E-state index is 0.118. The summed E-state index contributed by atoms with van der Waals surface area (Å²) in [6.07, 6.45) is 0.791. The Morgan fingerprint density at radius 3 is 2.60 bits per heavy atom. The van der Waals surface area contributed by atoms with Gasteiger partial charge in [-0.25, -0.2) is 8.42 Å². The zero-order chi connectivity index (χ0) is 21.5. The van der Waals surface area contributed by atoms with E-state index in [9.17, 15) is 13.2 Å². The topological polar surface area (TPSA) is 76.2 Å². The maximum absolute atomic E-state index is 12.7. The predicted octanol–water partition coefficient (Wildman–Crippen LogP) is 3.03. The van der Waals surface area contributed by atoms with E-state index in [4.69, 9.17) is 21.1 Å². The summed E-state index contributed by atoms with van der Waals surface area (Å²) in [7, 11) is -3.58. The van der Waals surface area contributed by atoms with Gasteiger partial charge in [-0.05, 0) is 32.0 Å². The third-order valence-corrected chi connectivity index (χ3v) is 8.74. The molecule has 0 saturated carbocycles. The van der Waals surface area contributed by atoms with E-state index in [-0.39, 0.29) is 35.4 Å². The lowest BCUT2D eigenvalue weighted by Crippen LogP contribution is -2.51. The maximum atomic E-state index is 12.7. The van der Waals surface area contributed by atoms with Crippen LogP contribution < -0.4 is 9.47 Å². The minimum Gasteiger partial charge on any atom is -0.483 e. The van der Waals surface area contributed by atoms with Crippen LogP contribution in [0.2, 0.25) is 4.34 Å². The van der Waals surface area contributed by atoms with E-state index in [2.05, 4.69) is 0 Å². The summed E-state index contributed by atoms with van der Waals surface area (Å²) in [4.78, 5) is 14.2. The largest absolute Gasteiger partial charge is 0.483 e. The van der Waals surface area contributed by atoms with E-state index in [1.165, 1.54) is 10.4 Å². The van der Waals surface area contributed by atoms with Gasteiger partial charge in [0.05, 0.1) is 4.34 Å². The molecule has 2 aliphatic heterocycles. The Kier molecular flexibility index (Phi) is 5.73. The third-order valence-electron chi connectivity index (χ3n) is 5.14. The van der Waals surface area contributed by atoms with E-state index in [1.54, 1.807) is 17.0 Å². The fourth-order valence-corrected chi connectivity index (χ4v) is 6.73. The van der Waals surface area contributed by atoms with Gasteiger partial charge in [0.15, 0.2) is 18.1 Å². The number of halogens is 1. The molecule has 0 atom stereocenters. The number of fused-ring (bicyclic) bond motifs is 1. The number of carbonyl (C=O) groups excluding carboxylic acids is 1. The number of piperazine rings is 1. The second kappa shape index (κ2) is 8.03. The van der Waals surface area contributed by atoms with Gasteiger partial charge in [-0.2, -0.15) is 4.31 Å². The number of ether oxygens (including phenoxy) is 2. The van der Waals surface area contributed by atoms with Crippen molar-refractivity contribution in [1.82, 2.24) is 9.21 Å². The summed E-state index contributed by atoms with van der Waals surface area (Å²) in [6, 6.07) is 8.77. The molecule has 7 nitrogen and oxygen atoms in total. The Labute approximate surface area is 185 Å². The molecule has 0 spiro atoms. The monoisotopic (exact) mass is 470 g/mol. The fraction of sp³-hybridized carbons (Fsp3) is 0.450. The second-order valence-corrected chi connectivity index (χ2v) is 11.8. The van der Waals surface area contributed by atoms with Crippen molar-refractivity contribution >= 4 is 38.9 Å². The van der Waals surface area contributed by atoms with Crippen LogP contribution >= 0.6 is 22.9 Å². The molecule has 1 saturated heterocycles. The van der Waals surface area contributed by atoms with Gasteiger partial charge in [-0.3, -0.25) is 4.79 Å². The van der Waals surface area contributed by atoms with E-state index in [0.717, 1.165) is 23.3 Å². The van der Waals surface area contributed by atoms with E-state index in [1.807, 2.05) is 26.0 Å². The van der Waals surface area contributed by atoms with E-state index >= 15 is 0 Å². The molecule has 10 heteroatoms. The van der Waals surface area contributed by atoms with Gasteiger partial charge in [0, 0.05) is 38.2 Å². The Balaban J connectivity index is 1.33. The highest BCUT2D eigenvalue weighted by Crippen LogP contribution is 2.41. The Bertz CT molecular complexity index is 1060. The Morgan fingerprint density at radius 2 is 1.93 bits per heavy atom. The van der Waals surface area contributed by atoms with Crippen LogP contribution in [0.5, 0.6) is 11.5 Å². The summed E-state index contributed by atoms with van der Waals surface area (Å²) in [6.45, 7) is 5.02. The number of carbonyl (C=O) groups is 1. The van der Waals surface area contributed by atoms with Gasteiger partial charge < -0.3 is 14.4 Å². The van der Waals surface area contributed by atoms with Crippen molar-refractivity contribution in [2.24, 2.45) is 0 Å². The lowest BCUT2D eigenvalue weighted by molar-refractivity contribution is -0.134. The molecule has 1 aromatic carbocycles. The molecule has 0 bridgehead atoms. The van der Waals surface area contributed by atoms with Crippen LogP contribution in [0.15, 0.2) is 34.5 Å². The zero-order valence-corrected chi connectivity index (χ0v) is 19.1. The van der Waals surface area contributed by atoms with Gasteiger partial charge in [0.1, 0.15) is 9.81 Å². The van der Waals surface area contributed by atoms with Crippen molar-refractivity contribution in [1.29, 1.82) is 0 Å². The van der Waals surface area contributed by atoms with E-state index in [0.29, 0.717) is 28.9 Å². The highest BCUT2D eigenvalue weighted by atomic mass is 35.5. The third kappa shape index (κ3) is 4.30. The first-order chi connectivity index (χ1) is 14.2. The molecule has 0 unspecified atom stereocenters. The van der Waals surface area contributed by atoms with Crippen molar-refractivity contribution in [2.75, 3.05) is 32.8 Å². The van der Waals surface area contributed by atoms with Crippen molar-refractivity contribution < 1.29 is 22.7 Å². The number of rotatable bonds is 5. The molecule has 0 aliphatic carbocycles. The number of para-hydroxylation sites is 1. The van der Waals surface area contributed by atoms with Crippen LogP contribution in [0.1, 0.15) is 19.4 Å². The molecule has 0 radical (unpaired) electrons. The summed E-state index contributed by atoms with van der Waals surface area (Å²) >= 11 is 6.90. The molecule has 4 rings (SSSR count). The molecule has 2 aliphatic rings. The van der Waals surface area contributed by atoms with Crippen LogP contribution in [0.4, 0.5) is 0 Å². The molecule has 3 heterocycles. The molecule has 30 heavy (non-hydrogen) atoms. The average molecular weight is 471 g/mol. The summed E-state index contributed by atoms with van der Waals surface area (Å²) in [5, 5.41) is 0. The molecule has 1 aromatic heterocycles. The van der Waals surface area contributed by atoms with Gasteiger partial charge in [0.25, 0.3) is 15.9 Å². The van der Waals surface area contributed by atoms with Crippen LogP contribution in [0, 0.1) is 0 Å². The zero-order valence-electron chi connectivity index (χ0n) is 16.8. The first-order valence-corrected chi connectivity index (χ1v) is 12.3. The number of hydrogen-bond acceptors (Lipinski definition) is 6. The smallest absolute Gasteiger partial charge is 0.260 e. The van der Waals surface area contributed by atoms with Gasteiger partial charge >= 0.3 is 0 Å². The van der Waals surface area contributed by atoms with E-state index < -0.39 is 10.0 Å². The highest BCUT2D eigenvalue weighted by molar-refractivity contribution is 7.91. The first-order valence-electron chi connectivity index (χ1n) is 9.63. The minimum atomic E-state index is -3.58. The molecule has 1 amide bonds. The number of nitrogens with zero attached hydrogens (tertiary/aromatic N) is 2. The molecule has 162 valence electrons. The molecular formula is C20H23ClN2O5S2. The number of thiophene rings is 1. The first kappa shape index (κ1) is 21.4. The van der Waals surface area contributed by atoms with Crippen LogP contribution in [-0.2, 0) is 21.2 Å². The lowest BCUT2D eigenvalue weighted by atomic mass is 10.0. The van der Waals surface area contributed by atoms with Crippen molar-refractivity contribution in [3.63, 3.8) is 0 Å². The van der Waals surface area contributed by atoms with Crippen LogP contribution in [0.25, 0.3) is 0 Å². The standard InChI is InChI=1S/C20H23ClN2O5S2/c1-20(2)12-14-4-3-5-15(19(14)28-20)27-13-17(24)22-8-10-23(11-9-22)30(25,26)18-7-6-16(21)29-18/h3-7H,8-13H2,1-2H3. The SMILES string of the molecule is CC1(C)Cc2cccc(OCC(=O)N3CCN(S(=O)(=O)c4ccc(Cl)s4)CC3)c2O1. The Morgan fingerprint density at radius 1 is 1.20 bits per heavy atom. The van der Waals surface area contributed by atoms with Gasteiger partial charge in [0.2, 0.25) is 0 Å². The van der Waals surface area contributed by atoms with Crippen molar-refractivity contribution in [2.45, 2.75) is 30.1 Å². The van der Waals surface area contributed by atoms with Crippen LogP contribution in [0.3, 0.4) is 0 Å². The maximum Gasteiger partial charge on any atom is 0.260 e. The molecule has 0 N–H and O–H groups in total. The van der Waals surface area contributed by atoms with Gasteiger partial charge in [-0.1, -0.05) is 23.7 Å². The van der Waals surface area contributed by atoms with Crippen molar-refractivity contribution in [3.05, 3.63) is 40.2 Å². The lowest BCUT2D eigenvalue weighted by Gasteiger charge is -2.33. The molecular weight excluding hydrogens is 448 g/mol. The second-order valence-electron chi connectivity index (χ2n) is 7.92.